The number of benzene rings is 2. The van der Waals surface area contributed by atoms with Crippen LogP contribution in [0.15, 0.2) is 60.9 Å². The van der Waals surface area contributed by atoms with E-state index in [2.05, 4.69) is 14.9 Å². The molecule has 2 heterocycles. The number of aryl methyl sites for hydroxylation is 1. The third-order valence-electron chi connectivity index (χ3n) is 5.27. The van der Waals surface area contributed by atoms with Gasteiger partial charge in [-0.05, 0) is 36.2 Å². The molecule has 0 bridgehead atoms. The minimum Gasteiger partial charge on any atom is -0.439 e. The number of carbonyl (C=O) groups excluding carboxylic acids is 1. The van der Waals surface area contributed by atoms with Crippen LogP contribution in [0.1, 0.15) is 11.1 Å². The van der Waals surface area contributed by atoms with Crippen LogP contribution in [0.5, 0.6) is 11.6 Å². The molecule has 8 heteroatoms. The molecule has 1 amide bonds. The van der Waals surface area contributed by atoms with Gasteiger partial charge in [0.1, 0.15) is 24.5 Å². The van der Waals surface area contributed by atoms with Crippen LogP contribution in [0.4, 0.5) is 5.82 Å². The fourth-order valence-electron chi connectivity index (χ4n) is 3.47. The van der Waals surface area contributed by atoms with Gasteiger partial charge in [0.25, 0.3) is 0 Å². The highest BCUT2D eigenvalue weighted by Gasteiger charge is 2.22. The lowest BCUT2D eigenvalue weighted by Gasteiger charge is -2.35. The van der Waals surface area contributed by atoms with Gasteiger partial charge in [0, 0.05) is 37.3 Å². The molecule has 166 valence electrons. The maximum atomic E-state index is 12.5. The first-order valence-electron chi connectivity index (χ1n) is 10.5. The highest BCUT2D eigenvalue weighted by molar-refractivity contribution is 6.31. The number of aromatic nitrogens is 2. The average Bonchev–Trinajstić information content (AvgIpc) is 2.82. The fourth-order valence-corrected chi connectivity index (χ4v) is 3.58. The number of halogens is 1. The number of nitrogens with zero attached hydrogens (tertiary/aromatic N) is 4. The third kappa shape index (κ3) is 5.75. The van der Waals surface area contributed by atoms with Gasteiger partial charge in [-0.1, -0.05) is 41.9 Å². The second-order valence-electron chi connectivity index (χ2n) is 7.57. The Morgan fingerprint density at radius 2 is 1.81 bits per heavy atom. The van der Waals surface area contributed by atoms with Crippen LogP contribution in [-0.4, -0.2) is 53.6 Å². The van der Waals surface area contributed by atoms with Gasteiger partial charge < -0.3 is 19.3 Å². The van der Waals surface area contributed by atoms with Crippen molar-refractivity contribution in [3.05, 3.63) is 77.1 Å². The molecular formula is C24H25ClN4O3. The van der Waals surface area contributed by atoms with E-state index in [1.807, 2.05) is 54.3 Å². The summed E-state index contributed by atoms with van der Waals surface area (Å²) in [6.45, 7) is 5.04. The summed E-state index contributed by atoms with van der Waals surface area (Å²) < 4.78 is 11.5. The standard InChI is InChI=1S/C24H25ClN4O3/c1-18-13-20(7-8-21(18)25)32-23-14-22(26-17-27-23)28-9-11-29(12-10-28)24(30)16-31-15-19-5-3-2-4-6-19/h2-8,13-14,17H,9-12,15-16H2,1H3. The normalized spacial score (nSPS) is 13.8. The van der Waals surface area contributed by atoms with E-state index in [1.165, 1.54) is 6.33 Å². The van der Waals surface area contributed by atoms with Crippen molar-refractivity contribution in [2.24, 2.45) is 0 Å². The quantitative estimate of drug-likeness (QED) is 0.537. The van der Waals surface area contributed by atoms with Crippen LogP contribution in [0, 0.1) is 6.92 Å². The van der Waals surface area contributed by atoms with Gasteiger partial charge in [0.15, 0.2) is 0 Å². The molecule has 0 spiro atoms. The highest BCUT2D eigenvalue weighted by Crippen LogP contribution is 2.26. The van der Waals surface area contributed by atoms with Crippen molar-refractivity contribution in [2.45, 2.75) is 13.5 Å². The Labute approximate surface area is 192 Å². The molecule has 32 heavy (non-hydrogen) atoms. The van der Waals surface area contributed by atoms with E-state index in [0.29, 0.717) is 49.4 Å². The first-order chi connectivity index (χ1) is 15.6. The number of carbonyl (C=O) groups is 1. The zero-order chi connectivity index (χ0) is 22.3. The molecule has 0 N–H and O–H groups in total. The van der Waals surface area contributed by atoms with Gasteiger partial charge >= 0.3 is 0 Å². The lowest BCUT2D eigenvalue weighted by molar-refractivity contribution is -0.136. The summed E-state index contributed by atoms with van der Waals surface area (Å²) in [6.07, 6.45) is 1.49. The molecule has 0 radical (unpaired) electrons. The number of amides is 1. The topological polar surface area (TPSA) is 67.8 Å². The highest BCUT2D eigenvalue weighted by atomic mass is 35.5. The van der Waals surface area contributed by atoms with E-state index < -0.39 is 0 Å². The van der Waals surface area contributed by atoms with Gasteiger partial charge in [0.05, 0.1) is 6.61 Å². The van der Waals surface area contributed by atoms with Gasteiger partial charge in [0.2, 0.25) is 11.8 Å². The van der Waals surface area contributed by atoms with Crippen molar-refractivity contribution < 1.29 is 14.3 Å². The molecule has 4 rings (SSSR count). The molecule has 7 nitrogen and oxygen atoms in total. The second kappa shape index (κ2) is 10.4. The smallest absolute Gasteiger partial charge is 0.248 e. The first kappa shape index (κ1) is 22.0. The number of anilines is 1. The number of rotatable bonds is 7. The largest absolute Gasteiger partial charge is 0.439 e. The van der Waals surface area contributed by atoms with Crippen molar-refractivity contribution in [2.75, 3.05) is 37.7 Å². The van der Waals surface area contributed by atoms with E-state index in [4.69, 9.17) is 21.1 Å². The van der Waals surface area contributed by atoms with Gasteiger partial charge in [-0.15, -0.1) is 0 Å². The van der Waals surface area contributed by atoms with E-state index in [1.54, 1.807) is 12.1 Å². The Balaban J connectivity index is 1.27. The Kier molecular flexibility index (Phi) is 7.19. The maximum Gasteiger partial charge on any atom is 0.248 e. The van der Waals surface area contributed by atoms with Gasteiger partial charge in [-0.25, -0.2) is 9.97 Å². The van der Waals surface area contributed by atoms with E-state index in [-0.39, 0.29) is 12.5 Å². The molecule has 1 saturated heterocycles. The first-order valence-corrected chi connectivity index (χ1v) is 10.9. The summed E-state index contributed by atoms with van der Waals surface area (Å²) in [5, 5.41) is 0.693. The molecule has 2 aromatic carbocycles. The zero-order valence-electron chi connectivity index (χ0n) is 17.9. The minimum absolute atomic E-state index is 0.00500. The molecule has 1 aromatic heterocycles. The number of hydrogen-bond acceptors (Lipinski definition) is 6. The van der Waals surface area contributed by atoms with Crippen molar-refractivity contribution in [1.29, 1.82) is 0 Å². The predicted molar refractivity (Wildman–Crippen MR) is 123 cm³/mol. The number of hydrogen-bond donors (Lipinski definition) is 0. The third-order valence-corrected chi connectivity index (χ3v) is 5.70. The number of piperazine rings is 1. The summed E-state index contributed by atoms with van der Waals surface area (Å²) in [7, 11) is 0. The number of ether oxygens (including phenoxy) is 2. The van der Waals surface area contributed by atoms with Gasteiger partial charge in [-0.3, -0.25) is 4.79 Å². The maximum absolute atomic E-state index is 12.5. The summed E-state index contributed by atoms with van der Waals surface area (Å²) >= 11 is 6.08. The summed E-state index contributed by atoms with van der Waals surface area (Å²) in [5.74, 6) is 1.91. The molecule has 1 aliphatic heterocycles. The lowest BCUT2D eigenvalue weighted by atomic mass is 10.2. The van der Waals surface area contributed by atoms with Crippen molar-refractivity contribution in [1.82, 2.24) is 14.9 Å². The molecule has 3 aromatic rings. The summed E-state index contributed by atoms with van der Waals surface area (Å²) in [5.41, 5.74) is 1.99. The Bertz CT molecular complexity index is 1060. The monoisotopic (exact) mass is 452 g/mol. The summed E-state index contributed by atoms with van der Waals surface area (Å²) in [4.78, 5) is 25.0. The van der Waals surface area contributed by atoms with Crippen molar-refractivity contribution >= 4 is 23.3 Å². The Morgan fingerprint density at radius 1 is 1.03 bits per heavy atom. The van der Waals surface area contributed by atoms with Crippen LogP contribution >= 0.6 is 11.6 Å². The molecule has 1 fully saturated rings. The Morgan fingerprint density at radius 3 is 2.56 bits per heavy atom. The van der Waals surface area contributed by atoms with Gasteiger partial charge in [-0.2, -0.15) is 0 Å². The Hall–Kier alpha value is -3.16. The minimum atomic E-state index is 0.00500. The van der Waals surface area contributed by atoms with E-state index >= 15 is 0 Å². The van der Waals surface area contributed by atoms with Crippen LogP contribution in [0.3, 0.4) is 0 Å². The van der Waals surface area contributed by atoms with Crippen molar-refractivity contribution in [3.8, 4) is 11.6 Å². The molecule has 0 unspecified atom stereocenters. The summed E-state index contributed by atoms with van der Waals surface area (Å²) in [6, 6.07) is 17.1. The van der Waals surface area contributed by atoms with E-state index in [9.17, 15) is 4.79 Å². The second-order valence-corrected chi connectivity index (χ2v) is 7.98. The molecule has 0 atom stereocenters. The fraction of sp³-hybridized carbons (Fsp3) is 0.292. The van der Waals surface area contributed by atoms with Crippen LogP contribution in [-0.2, 0) is 16.1 Å². The van der Waals surface area contributed by atoms with Crippen LogP contribution in [0.25, 0.3) is 0 Å². The zero-order valence-corrected chi connectivity index (χ0v) is 18.7. The van der Waals surface area contributed by atoms with Crippen LogP contribution < -0.4 is 9.64 Å². The lowest BCUT2D eigenvalue weighted by Crippen LogP contribution is -2.50. The molecule has 0 aliphatic carbocycles. The molecule has 1 aliphatic rings. The van der Waals surface area contributed by atoms with Crippen molar-refractivity contribution in [3.63, 3.8) is 0 Å². The average molecular weight is 453 g/mol. The molecule has 0 saturated carbocycles. The van der Waals surface area contributed by atoms with E-state index in [0.717, 1.165) is 16.9 Å². The molecular weight excluding hydrogens is 428 g/mol. The van der Waals surface area contributed by atoms with Crippen LogP contribution in [0.2, 0.25) is 5.02 Å². The SMILES string of the molecule is Cc1cc(Oc2cc(N3CCN(C(=O)COCc4ccccc4)CC3)ncn2)ccc1Cl. The predicted octanol–water partition coefficient (Wildman–Crippen LogP) is 4.10.